The Kier molecular flexibility index (Phi) is 4.21. The van der Waals surface area contributed by atoms with Gasteiger partial charge in [0.05, 0.1) is 19.8 Å². The summed E-state index contributed by atoms with van der Waals surface area (Å²) in [5, 5.41) is 3.27. The zero-order valence-electron chi connectivity index (χ0n) is 11.7. The molecule has 7 nitrogen and oxygen atoms in total. The van der Waals surface area contributed by atoms with Crippen LogP contribution in [0.2, 0.25) is 5.28 Å². The molecule has 1 saturated heterocycles. The molecule has 3 heterocycles. The van der Waals surface area contributed by atoms with E-state index in [9.17, 15) is 0 Å². The van der Waals surface area contributed by atoms with Gasteiger partial charge in [0.25, 0.3) is 0 Å². The summed E-state index contributed by atoms with van der Waals surface area (Å²) in [6, 6.07) is 3.82. The molecule has 3 rings (SSSR count). The van der Waals surface area contributed by atoms with Crippen molar-refractivity contribution in [1.29, 1.82) is 0 Å². The fourth-order valence-electron chi connectivity index (χ4n) is 2.07. The van der Waals surface area contributed by atoms with Crippen LogP contribution in [0.1, 0.15) is 11.5 Å². The molecule has 1 fully saturated rings. The summed E-state index contributed by atoms with van der Waals surface area (Å²) in [5.74, 6) is 2.69. The molecule has 0 aliphatic carbocycles. The van der Waals surface area contributed by atoms with Crippen molar-refractivity contribution in [3.05, 3.63) is 28.9 Å². The number of furan rings is 1. The van der Waals surface area contributed by atoms with Gasteiger partial charge in [-0.3, -0.25) is 0 Å². The third-order valence-corrected chi connectivity index (χ3v) is 3.28. The van der Waals surface area contributed by atoms with Gasteiger partial charge in [-0.05, 0) is 30.7 Å². The lowest BCUT2D eigenvalue weighted by Crippen LogP contribution is -2.37. The van der Waals surface area contributed by atoms with E-state index in [4.69, 9.17) is 20.8 Å². The summed E-state index contributed by atoms with van der Waals surface area (Å²) in [5.41, 5.74) is 0. The molecule has 1 aliphatic heterocycles. The van der Waals surface area contributed by atoms with E-state index in [0.29, 0.717) is 31.7 Å². The maximum absolute atomic E-state index is 5.97. The third-order valence-electron chi connectivity index (χ3n) is 3.11. The molecule has 8 heteroatoms. The lowest BCUT2D eigenvalue weighted by Gasteiger charge is -2.26. The van der Waals surface area contributed by atoms with Crippen LogP contribution in [0.3, 0.4) is 0 Å². The van der Waals surface area contributed by atoms with Crippen LogP contribution in [-0.2, 0) is 11.3 Å². The van der Waals surface area contributed by atoms with Crippen molar-refractivity contribution in [2.75, 3.05) is 36.5 Å². The molecule has 0 spiro atoms. The van der Waals surface area contributed by atoms with Gasteiger partial charge in [-0.2, -0.15) is 15.0 Å². The molecule has 2 aromatic rings. The lowest BCUT2D eigenvalue weighted by molar-refractivity contribution is 0.122. The number of aromatic nitrogens is 3. The highest BCUT2D eigenvalue weighted by Crippen LogP contribution is 2.16. The van der Waals surface area contributed by atoms with Crippen molar-refractivity contribution in [3.63, 3.8) is 0 Å². The monoisotopic (exact) mass is 309 g/mol. The summed E-state index contributed by atoms with van der Waals surface area (Å²) in [6.45, 7) is 5.22. The van der Waals surface area contributed by atoms with Crippen LogP contribution in [-0.4, -0.2) is 41.3 Å². The minimum absolute atomic E-state index is 0.171. The number of hydrogen-bond donors (Lipinski definition) is 1. The minimum atomic E-state index is 0.171. The van der Waals surface area contributed by atoms with Gasteiger partial charge in [0.1, 0.15) is 11.5 Å². The second-order valence-electron chi connectivity index (χ2n) is 4.69. The predicted octanol–water partition coefficient (Wildman–Crippen LogP) is 1.88. The number of nitrogens with one attached hydrogen (secondary N) is 1. The van der Waals surface area contributed by atoms with Gasteiger partial charge in [0.15, 0.2) is 0 Å². The number of morpholine rings is 1. The van der Waals surface area contributed by atoms with E-state index in [0.717, 1.165) is 24.6 Å². The van der Waals surface area contributed by atoms with E-state index >= 15 is 0 Å². The highest BCUT2D eigenvalue weighted by atomic mass is 35.5. The Hall–Kier alpha value is -1.86. The maximum atomic E-state index is 5.97. The van der Waals surface area contributed by atoms with Crippen LogP contribution >= 0.6 is 11.6 Å². The first-order valence-corrected chi connectivity index (χ1v) is 7.12. The number of hydrogen-bond acceptors (Lipinski definition) is 7. The topological polar surface area (TPSA) is 76.3 Å². The summed E-state index contributed by atoms with van der Waals surface area (Å²) >= 11 is 5.97. The smallest absolute Gasteiger partial charge is 0.231 e. The second kappa shape index (κ2) is 6.28. The summed E-state index contributed by atoms with van der Waals surface area (Å²) in [7, 11) is 0. The Labute approximate surface area is 127 Å². The molecule has 2 aromatic heterocycles. The molecule has 21 heavy (non-hydrogen) atoms. The van der Waals surface area contributed by atoms with Gasteiger partial charge in [-0.25, -0.2) is 0 Å². The van der Waals surface area contributed by atoms with E-state index in [2.05, 4.69) is 20.3 Å². The van der Waals surface area contributed by atoms with Gasteiger partial charge in [0.2, 0.25) is 17.2 Å². The molecular formula is C13H16ClN5O2. The highest BCUT2D eigenvalue weighted by Gasteiger charge is 2.16. The maximum Gasteiger partial charge on any atom is 0.231 e. The van der Waals surface area contributed by atoms with Gasteiger partial charge in [-0.1, -0.05) is 0 Å². The Morgan fingerprint density at radius 3 is 2.76 bits per heavy atom. The van der Waals surface area contributed by atoms with Crippen molar-refractivity contribution >= 4 is 23.5 Å². The van der Waals surface area contributed by atoms with Gasteiger partial charge >= 0.3 is 0 Å². The average molecular weight is 310 g/mol. The third kappa shape index (κ3) is 3.62. The first-order valence-electron chi connectivity index (χ1n) is 6.74. The Bertz CT molecular complexity index is 612. The fourth-order valence-corrected chi connectivity index (χ4v) is 2.23. The van der Waals surface area contributed by atoms with E-state index < -0.39 is 0 Å². The quantitative estimate of drug-likeness (QED) is 0.924. The molecule has 1 N–H and O–H groups in total. The number of aryl methyl sites for hydroxylation is 1. The van der Waals surface area contributed by atoms with Crippen LogP contribution < -0.4 is 10.2 Å². The van der Waals surface area contributed by atoms with E-state index in [1.165, 1.54) is 0 Å². The van der Waals surface area contributed by atoms with Crippen molar-refractivity contribution in [2.45, 2.75) is 13.5 Å². The Morgan fingerprint density at radius 2 is 2.05 bits per heavy atom. The zero-order chi connectivity index (χ0) is 14.7. The highest BCUT2D eigenvalue weighted by molar-refractivity contribution is 6.28. The molecule has 0 atom stereocenters. The van der Waals surface area contributed by atoms with Crippen molar-refractivity contribution in [2.24, 2.45) is 0 Å². The molecular weight excluding hydrogens is 294 g/mol. The molecule has 0 bridgehead atoms. The van der Waals surface area contributed by atoms with Gasteiger partial charge in [0, 0.05) is 13.1 Å². The Morgan fingerprint density at radius 1 is 1.24 bits per heavy atom. The fraction of sp³-hybridized carbons (Fsp3) is 0.462. The van der Waals surface area contributed by atoms with Crippen LogP contribution in [0, 0.1) is 6.92 Å². The normalized spacial score (nSPS) is 15.2. The molecule has 0 unspecified atom stereocenters. The standard InChI is InChI=1S/C13H16ClN5O2/c1-9-2-3-10(21-9)8-15-12-16-11(14)17-13(18-12)19-4-6-20-7-5-19/h2-3H,4-8H2,1H3,(H,15,16,17,18). The number of halogens is 1. The number of rotatable bonds is 4. The van der Waals surface area contributed by atoms with E-state index in [1.54, 1.807) is 0 Å². The lowest BCUT2D eigenvalue weighted by atomic mass is 10.4. The predicted molar refractivity (Wildman–Crippen MR) is 78.6 cm³/mol. The van der Waals surface area contributed by atoms with Crippen LogP contribution in [0.25, 0.3) is 0 Å². The van der Waals surface area contributed by atoms with E-state index in [1.807, 2.05) is 24.0 Å². The number of nitrogens with zero attached hydrogens (tertiary/aromatic N) is 4. The van der Waals surface area contributed by atoms with Gasteiger partial charge < -0.3 is 19.4 Å². The second-order valence-corrected chi connectivity index (χ2v) is 5.03. The summed E-state index contributed by atoms with van der Waals surface area (Å²) < 4.78 is 10.8. The van der Waals surface area contributed by atoms with Crippen LogP contribution in [0.4, 0.5) is 11.9 Å². The van der Waals surface area contributed by atoms with Gasteiger partial charge in [-0.15, -0.1) is 0 Å². The minimum Gasteiger partial charge on any atom is -0.465 e. The SMILES string of the molecule is Cc1ccc(CNc2nc(Cl)nc(N3CCOCC3)n2)o1. The van der Waals surface area contributed by atoms with Crippen LogP contribution in [0.15, 0.2) is 16.5 Å². The largest absolute Gasteiger partial charge is 0.465 e. The Balaban J connectivity index is 1.71. The first-order chi connectivity index (χ1) is 10.2. The van der Waals surface area contributed by atoms with Crippen molar-refractivity contribution in [3.8, 4) is 0 Å². The molecule has 0 saturated carbocycles. The molecule has 0 amide bonds. The first kappa shape index (κ1) is 14.1. The zero-order valence-corrected chi connectivity index (χ0v) is 12.4. The number of ether oxygens (including phenoxy) is 1. The van der Waals surface area contributed by atoms with E-state index in [-0.39, 0.29) is 5.28 Å². The molecule has 0 aromatic carbocycles. The number of anilines is 2. The average Bonchev–Trinajstić information content (AvgIpc) is 2.91. The summed E-state index contributed by atoms with van der Waals surface area (Å²) in [6.07, 6.45) is 0. The van der Waals surface area contributed by atoms with Crippen molar-refractivity contribution in [1.82, 2.24) is 15.0 Å². The molecule has 0 radical (unpaired) electrons. The molecule has 1 aliphatic rings. The van der Waals surface area contributed by atoms with Crippen LogP contribution in [0.5, 0.6) is 0 Å². The molecule has 112 valence electrons. The summed E-state index contributed by atoms with van der Waals surface area (Å²) in [4.78, 5) is 14.7. The van der Waals surface area contributed by atoms with Crippen molar-refractivity contribution < 1.29 is 9.15 Å².